The largest absolute Gasteiger partial charge is 0.497 e. The van der Waals surface area contributed by atoms with Gasteiger partial charge in [-0.05, 0) is 73.2 Å². The van der Waals surface area contributed by atoms with Gasteiger partial charge in [-0.2, -0.15) is 5.10 Å². The molecule has 0 fully saturated rings. The van der Waals surface area contributed by atoms with E-state index in [-0.39, 0.29) is 0 Å². The van der Waals surface area contributed by atoms with E-state index < -0.39 is 5.97 Å². The van der Waals surface area contributed by atoms with Crippen LogP contribution < -0.4 is 19.6 Å². The monoisotopic (exact) mass is 541 g/mol. The Labute approximate surface area is 222 Å². The zero-order chi connectivity index (χ0) is 25.5. The third kappa shape index (κ3) is 6.34. The van der Waals surface area contributed by atoms with Gasteiger partial charge in [0.2, 0.25) is 5.13 Å². The summed E-state index contributed by atoms with van der Waals surface area (Å²) in [6.45, 7) is 2.26. The van der Waals surface area contributed by atoms with Crippen LogP contribution in [0, 0.1) is 0 Å². The Hall–Kier alpha value is -3.59. The van der Waals surface area contributed by atoms with Crippen LogP contribution in [0.4, 0.5) is 5.13 Å². The molecule has 0 amide bonds. The summed E-state index contributed by atoms with van der Waals surface area (Å²) >= 11 is 13.6. The lowest BCUT2D eigenvalue weighted by molar-refractivity contribution is 0.0728. The van der Waals surface area contributed by atoms with E-state index in [0.29, 0.717) is 44.6 Å². The molecule has 0 saturated heterocycles. The van der Waals surface area contributed by atoms with E-state index in [1.54, 1.807) is 67.9 Å². The summed E-state index contributed by atoms with van der Waals surface area (Å²) in [5.74, 6) is 0.896. The maximum Gasteiger partial charge on any atom is 0.343 e. The van der Waals surface area contributed by atoms with Crippen molar-refractivity contribution in [2.24, 2.45) is 5.10 Å². The Morgan fingerprint density at radius 1 is 1.08 bits per heavy atom. The molecule has 0 saturated carbocycles. The van der Waals surface area contributed by atoms with Gasteiger partial charge in [-0.25, -0.2) is 9.78 Å². The highest BCUT2D eigenvalue weighted by Gasteiger charge is 2.14. The lowest BCUT2D eigenvalue weighted by Crippen LogP contribution is -2.09. The van der Waals surface area contributed by atoms with Gasteiger partial charge >= 0.3 is 5.97 Å². The second-order valence-corrected chi connectivity index (χ2v) is 8.99. The van der Waals surface area contributed by atoms with Crippen LogP contribution in [-0.4, -0.2) is 30.9 Å². The molecule has 3 aromatic carbocycles. The summed E-state index contributed by atoms with van der Waals surface area (Å²) in [6.07, 6.45) is 1.62. The molecule has 1 aromatic heterocycles. The Morgan fingerprint density at radius 3 is 2.61 bits per heavy atom. The molecule has 0 bridgehead atoms. The van der Waals surface area contributed by atoms with E-state index in [0.717, 1.165) is 16.8 Å². The van der Waals surface area contributed by atoms with Crippen molar-refractivity contribution < 1.29 is 19.0 Å². The average Bonchev–Trinajstić information content (AvgIpc) is 3.34. The summed E-state index contributed by atoms with van der Waals surface area (Å²) in [4.78, 5) is 17.1. The van der Waals surface area contributed by atoms with Crippen molar-refractivity contribution in [1.82, 2.24) is 4.98 Å². The number of hydrogen-bond donors (Lipinski definition) is 1. The second kappa shape index (κ2) is 11.9. The molecule has 4 aromatic rings. The fraction of sp³-hybridized carbons (Fsp3) is 0.115. The highest BCUT2D eigenvalue weighted by molar-refractivity contribution is 7.14. The Morgan fingerprint density at radius 2 is 1.89 bits per heavy atom. The van der Waals surface area contributed by atoms with Crippen LogP contribution in [0.15, 0.2) is 71.1 Å². The number of benzene rings is 3. The number of methoxy groups -OCH3 is 1. The third-order valence-electron chi connectivity index (χ3n) is 4.88. The van der Waals surface area contributed by atoms with Gasteiger partial charge in [0, 0.05) is 16.0 Å². The van der Waals surface area contributed by atoms with Crippen molar-refractivity contribution in [2.45, 2.75) is 6.92 Å². The molecule has 1 heterocycles. The van der Waals surface area contributed by atoms with Crippen molar-refractivity contribution in [3.05, 3.63) is 87.2 Å². The Bertz CT molecular complexity index is 1390. The van der Waals surface area contributed by atoms with Crippen LogP contribution >= 0.6 is 34.5 Å². The van der Waals surface area contributed by atoms with Crippen LogP contribution in [-0.2, 0) is 0 Å². The van der Waals surface area contributed by atoms with Gasteiger partial charge in [0.15, 0.2) is 11.5 Å². The molecule has 0 aliphatic heterocycles. The summed E-state index contributed by atoms with van der Waals surface area (Å²) < 4.78 is 16.4. The van der Waals surface area contributed by atoms with E-state index in [1.165, 1.54) is 11.3 Å². The van der Waals surface area contributed by atoms with Crippen molar-refractivity contribution >= 4 is 51.9 Å². The van der Waals surface area contributed by atoms with E-state index >= 15 is 0 Å². The minimum atomic E-state index is -0.498. The van der Waals surface area contributed by atoms with Gasteiger partial charge in [0.05, 0.1) is 36.2 Å². The molecule has 7 nitrogen and oxygen atoms in total. The first-order valence-corrected chi connectivity index (χ1v) is 12.4. The average molecular weight is 542 g/mol. The fourth-order valence-corrected chi connectivity index (χ4v) is 4.32. The van der Waals surface area contributed by atoms with E-state index in [1.807, 2.05) is 18.4 Å². The molecule has 0 aliphatic rings. The number of rotatable bonds is 9. The third-order valence-corrected chi connectivity index (χ3v) is 6.18. The van der Waals surface area contributed by atoms with Gasteiger partial charge in [-0.3, -0.25) is 5.43 Å². The molecule has 1 N–H and O–H groups in total. The number of halogens is 2. The van der Waals surface area contributed by atoms with Crippen molar-refractivity contribution in [2.75, 3.05) is 19.1 Å². The van der Waals surface area contributed by atoms with E-state index in [9.17, 15) is 4.79 Å². The number of hydrogen-bond acceptors (Lipinski definition) is 8. The normalized spacial score (nSPS) is 10.9. The number of esters is 1. The summed E-state index contributed by atoms with van der Waals surface area (Å²) in [5.41, 5.74) is 5.57. The topological polar surface area (TPSA) is 82.0 Å². The van der Waals surface area contributed by atoms with Crippen LogP contribution in [0.25, 0.3) is 11.3 Å². The highest BCUT2D eigenvalue weighted by atomic mass is 35.5. The number of nitrogens with one attached hydrogen (secondary N) is 1. The molecular weight excluding hydrogens is 521 g/mol. The Balaban J connectivity index is 1.43. The number of carbonyl (C=O) groups excluding carboxylic acids is 1. The number of carbonyl (C=O) groups is 1. The molecule has 36 heavy (non-hydrogen) atoms. The van der Waals surface area contributed by atoms with Crippen LogP contribution in [0.1, 0.15) is 22.8 Å². The van der Waals surface area contributed by atoms with Gasteiger partial charge < -0.3 is 14.2 Å². The van der Waals surface area contributed by atoms with Gasteiger partial charge in [0.1, 0.15) is 5.75 Å². The van der Waals surface area contributed by atoms with Gasteiger partial charge in [-0.1, -0.05) is 23.2 Å². The molecule has 0 aliphatic carbocycles. The first-order valence-electron chi connectivity index (χ1n) is 10.8. The molecule has 0 spiro atoms. The molecule has 10 heteroatoms. The number of aromatic nitrogens is 1. The maximum atomic E-state index is 12.6. The van der Waals surface area contributed by atoms with Crippen LogP contribution in [0.2, 0.25) is 10.0 Å². The predicted octanol–water partition coefficient (Wildman–Crippen LogP) is 7.19. The zero-order valence-electron chi connectivity index (χ0n) is 19.3. The summed E-state index contributed by atoms with van der Waals surface area (Å²) in [5, 5.41) is 7.83. The molecule has 0 radical (unpaired) electrons. The minimum absolute atomic E-state index is 0.312. The molecule has 0 unspecified atom stereocenters. The van der Waals surface area contributed by atoms with Gasteiger partial charge in [0.25, 0.3) is 0 Å². The SMILES string of the molecule is CCOc1cc(/C=N/Nc2nc(-c3ccc(Cl)cc3Cl)cs2)ccc1OC(=O)c1ccc(OC)cc1. The molecule has 0 atom stereocenters. The number of nitrogens with zero attached hydrogens (tertiary/aromatic N) is 2. The van der Waals surface area contributed by atoms with E-state index in [4.69, 9.17) is 37.4 Å². The van der Waals surface area contributed by atoms with E-state index in [2.05, 4.69) is 15.5 Å². The zero-order valence-corrected chi connectivity index (χ0v) is 21.7. The molecule has 184 valence electrons. The smallest absolute Gasteiger partial charge is 0.343 e. The molecular formula is C26H21Cl2N3O4S. The number of hydrazone groups is 1. The quantitative estimate of drug-likeness (QED) is 0.104. The number of anilines is 1. The Kier molecular flexibility index (Phi) is 8.43. The summed E-state index contributed by atoms with van der Waals surface area (Å²) in [6, 6.07) is 17.1. The van der Waals surface area contributed by atoms with Crippen LogP contribution in [0.5, 0.6) is 17.2 Å². The van der Waals surface area contributed by atoms with Crippen LogP contribution in [0.3, 0.4) is 0 Å². The minimum Gasteiger partial charge on any atom is -0.497 e. The number of ether oxygens (including phenoxy) is 3. The van der Waals surface area contributed by atoms with Crippen molar-refractivity contribution in [1.29, 1.82) is 0 Å². The summed E-state index contributed by atoms with van der Waals surface area (Å²) in [7, 11) is 1.56. The second-order valence-electron chi connectivity index (χ2n) is 7.29. The maximum absolute atomic E-state index is 12.6. The number of thiazole rings is 1. The van der Waals surface area contributed by atoms with Crippen molar-refractivity contribution in [3.8, 4) is 28.5 Å². The lowest BCUT2D eigenvalue weighted by atomic mass is 10.2. The fourth-order valence-electron chi connectivity index (χ4n) is 3.15. The first kappa shape index (κ1) is 25.5. The van der Waals surface area contributed by atoms with Gasteiger partial charge in [-0.15, -0.1) is 11.3 Å². The first-order chi connectivity index (χ1) is 17.5. The molecule has 4 rings (SSSR count). The van der Waals surface area contributed by atoms with Crippen molar-refractivity contribution in [3.63, 3.8) is 0 Å². The lowest BCUT2D eigenvalue weighted by Gasteiger charge is -2.11. The highest BCUT2D eigenvalue weighted by Crippen LogP contribution is 2.32. The standard InChI is InChI=1S/C26H21Cl2N3O4S/c1-3-34-24-12-16(4-11-23(24)35-25(32)17-5-8-19(33-2)9-6-17)14-29-31-26-30-22(15-36-26)20-10-7-18(27)13-21(20)28/h4-15H,3H2,1-2H3,(H,30,31)/b29-14+. The predicted molar refractivity (Wildman–Crippen MR) is 144 cm³/mol.